The Morgan fingerprint density at radius 2 is 1.88 bits per heavy atom. The number of allylic oxidation sites excluding steroid dienone is 1. The molecule has 0 spiro atoms. The Labute approximate surface area is 148 Å². The van der Waals surface area contributed by atoms with Crippen molar-refractivity contribution in [1.82, 2.24) is 10.2 Å². The Balaban J connectivity index is 1.64. The first-order valence-electron chi connectivity index (χ1n) is 7.46. The summed E-state index contributed by atoms with van der Waals surface area (Å²) in [5.41, 5.74) is 5.02. The number of hydrogen-bond donors (Lipinski definition) is 1. The van der Waals surface area contributed by atoms with E-state index in [1.54, 1.807) is 12.1 Å². The maximum atomic E-state index is 12.4. The number of H-pyrrole nitrogens is 1. The largest absolute Gasteiger partial charge is 0.289 e. The normalized spacial score (nSPS) is 15.1. The van der Waals surface area contributed by atoms with Gasteiger partial charge in [-0.3, -0.25) is 9.89 Å². The summed E-state index contributed by atoms with van der Waals surface area (Å²) >= 11 is 12.0. The molecule has 1 aromatic heterocycles. The molecule has 4 rings (SSSR count). The summed E-state index contributed by atoms with van der Waals surface area (Å²) in [5, 5.41) is 8.24. The third kappa shape index (κ3) is 2.66. The molecule has 0 atom stereocenters. The molecule has 1 N–H and O–H groups in total. The lowest BCUT2D eigenvalue weighted by Crippen LogP contribution is -1.94. The Hall–Kier alpha value is -2.36. The van der Waals surface area contributed by atoms with E-state index in [9.17, 15) is 4.79 Å². The SMILES string of the molecule is O=C1C(=Cc2cc(-c3ccc(Cl)c(Cl)c3)n[nH]2)Cc2ccccc21. The van der Waals surface area contributed by atoms with E-state index in [0.717, 1.165) is 33.7 Å². The van der Waals surface area contributed by atoms with Gasteiger partial charge in [-0.15, -0.1) is 0 Å². The first-order valence-corrected chi connectivity index (χ1v) is 8.21. The Kier molecular flexibility index (Phi) is 3.75. The number of Topliss-reactive ketones (excluding diaryl/α,β-unsaturated/α-hetero) is 1. The average Bonchev–Trinajstić information content (AvgIpc) is 3.16. The van der Waals surface area contributed by atoms with Gasteiger partial charge in [0.25, 0.3) is 0 Å². The van der Waals surface area contributed by atoms with E-state index in [4.69, 9.17) is 23.2 Å². The maximum absolute atomic E-state index is 12.4. The molecule has 0 saturated carbocycles. The van der Waals surface area contributed by atoms with Crippen molar-refractivity contribution in [1.29, 1.82) is 0 Å². The summed E-state index contributed by atoms with van der Waals surface area (Å²) in [6.07, 6.45) is 2.51. The van der Waals surface area contributed by atoms with Crippen LogP contribution in [-0.4, -0.2) is 16.0 Å². The molecule has 1 heterocycles. The quantitative estimate of drug-likeness (QED) is 0.642. The van der Waals surface area contributed by atoms with Crippen molar-refractivity contribution < 1.29 is 4.79 Å². The molecule has 0 saturated heterocycles. The molecule has 3 nitrogen and oxygen atoms in total. The molecule has 1 aliphatic carbocycles. The van der Waals surface area contributed by atoms with E-state index in [1.165, 1.54) is 0 Å². The lowest BCUT2D eigenvalue weighted by atomic mass is 10.1. The van der Waals surface area contributed by atoms with Crippen molar-refractivity contribution in [3.63, 3.8) is 0 Å². The first kappa shape index (κ1) is 15.2. The van der Waals surface area contributed by atoms with Crippen LogP contribution in [-0.2, 0) is 6.42 Å². The Bertz CT molecular complexity index is 989. The highest BCUT2D eigenvalue weighted by Gasteiger charge is 2.24. The number of ketones is 1. The molecule has 1 aliphatic rings. The summed E-state index contributed by atoms with van der Waals surface area (Å²) in [4.78, 5) is 12.4. The number of rotatable bonds is 2. The van der Waals surface area contributed by atoms with Crippen LogP contribution in [0.25, 0.3) is 17.3 Å². The van der Waals surface area contributed by atoms with Crippen molar-refractivity contribution in [2.24, 2.45) is 0 Å². The number of fused-ring (bicyclic) bond motifs is 1. The van der Waals surface area contributed by atoms with Crippen LogP contribution in [0.2, 0.25) is 10.0 Å². The maximum Gasteiger partial charge on any atom is 0.189 e. The number of hydrogen-bond acceptors (Lipinski definition) is 2. The predicted molar refractivity (Wildman–Crippen MR) is 96.5 cm³/mol. The lowest BCUT2D eigenvalue weighted by molar-refractivity contribution is 0.104. The highest BCUT2D eigenvalue weighted by Crippen LogP contribution is 2.30. The van der Waals surface area contributed by atoms with Crippen LogP contribution < -0.4 is 0 Å². The van der Waals surface area contributed by atoms with Gasteiger partial charge in [0.1, 0.15) is 0 Å². The van der Waals surface area contributed by atoms with Gasteiger partial charge in [-0.1, -0.05) is 53.5 Å². The summed E-state index contributed by atoms with van der Waals surface area (Å²) < 4.78 is 0. The van der Waals surface area contributed by atoms with Crippen molar-refractivity contribution in [2.75, 3.05) is 0 Å². The zero-order valence-corrected chi connectivity index (χ0v) is 14.0. The van der Waals surface area contributed by atoms with Crippen LogP contribution in [0.3, 0.4) is 0 Å². The fourth-order valence-corrected chi connectivity index (χ4v) is 3.17. The van der Waals surface area contributed by atoms with Gasteiger partial charge in [-0.25, -0.2) is 0 Å². The van der Waals surface area contributed by atoms with E-state index in [1.807, 2.05) is 42.5 Å². The minimum atomic E-state index is 0.0799. The molecule has 0 unspecified atom stereocenters. The highest BCUT2D eigenvalue weighted by atomic mass is 35.5. The number of aromatic amines is 1. The Morgan fingerprint density at radius 3 is 2.67 bits per heavy atom. The van der Waals surface area contributed by atoms with Gasteiger partial charge < -0.3 is 0 Å². The van der Waals surface area contributed by atoms with Gasteiger partial charge in [0.05, 0.1) is 21.4 Å². The predicted octanol–water partition coefficient (Wildman–Crippen LogP) is 5.21. The topological polar surface area (TPSA) is 45.8 Å². The van der Waals surface area contributed by atoms with E-state index in [-0.39, 0.29) is 5.78 Å². The summed E-state index contributed by atoms with van der Waals surface area (Å²) in [7, 11) is 0. The van der Waals surface area contributed by atoms with Crippen LogP contribution in [0, 0.1) is 0 Å². The summed E-state index contributed by atoms with van der Waals surface area (Å²) in [5.74, 6) is 0.0799. The average molecular weight is 355 g/mol. The monoisotopic (exact) mass is 354 g/mol. The molecule has 0 bridgehead atoms. The lowest BCUT2D eigenvalue weighted by Gasteiger charge is -1.98. The molecule has 3 aromatic rings. The minimum absolute atomic E-state index is 0.0799. The summed E-state index contributed by atoms with van der Waals surface area (Å²) in [6.45, 7) is 0. The van der Waals surface area contributed by atoms with E-state index >= 15 is 0 Å². The van der Waals surface area contributed by atoms with Crippen molar-refractivity contribution in [3.05, 3.63) is 81.0 Å². The van der Waals surface area contributed by atoms with Gasteiger partial charge in [0.2, 0.25) is 0 Å². The van der Waals surface area contributed by atoms with Gasteiger partial charge in [-0.2, -0.15) is 5.10 Å². The second-order valence-electron chi connectivity index (χ2n) is 5.67. The molecule has 0 fully saturated rings. The third-order valence-electron chi connectivity index (χ3n) is 4.08. The van der Waals surface area contributed by atoms with Crippen molar-refractivity contribution in [2.45, 2.75) is 6.42 Å². The molecular formula is C19H12Cl2N2O. The van der Waals surface area contributed by atoms with Crippen molar-refractivity contribution in [3.8, 4) is 11.3 Å². The fraction of sp³-hybridized carbons (Fsp3) is 0.0526. The molecule has 118 valence electrons. The van der Waals surface area contributed by atoms with Gasteiger partial charge in [0, 0.05) is 23.1 Å². The van der Waals surface area contributed by atoms with Crippen LogP contribution in [0.1, 0.15) is 21.6 Å². The molecule has 2 aromatic carbocycles. The van der Waals surface area contributed by atoms with Crippen LogP contribution in [0.5, 0.6) is 0 Å². The molecule has 0 radical (unpaired) electrons. The number of benzene rings is 2. The van der Waals surface area contributed by atoms with Gasteiger partial charge >= 0.3 is 0 Å². The highest BCUT2D eigenvalue weighted by molar-refractivity contribution is 6.42. The minimum Gasteiger partial charge on any atom is -0.289 e. The van der Waals surface area contributed by atoms with Crippen molar-refractivity contribution >= 4 is 35.1 Å². The number of carbonyl (C=O) groups is 1. The fourth-order valence-electron chi connectivity index (χ4n) is 2.87. The summed E-state index contributed by atoms with van der Waals surface area (Å²) in [6, 6.07) is 15.0. The third-order valence-corrected chi connectivity index (χ3v) is 4.82. The second kappa shape index (κ2) is 5.93. The molecule has 24 heavy (non-hydrogen) atoms. The van der Waals surface area contributed by atoms with Crippen LogP contribution >= 0.6 is 23.2 Å². The zero-order valence-electron chi connectivity index (χ0n) is 12.5. The van der Waals surface area contributed by atoms with Crippen LogP contribution in [0.4, 0.5) is 0 Å². The van der Waals surface area contributed by atoms with E-state index in [0.29, 0.717) is 16.5 Å². The number of halogens is 2. The zero-order chi connectivity index (χ0) is 16.7. The molecule has 5 heteroatoms. The molecule has 0 amide bonds. The second-order valence-corrected chi connectivity index (χ2v) is 6.48. The van der Waals surface area contributed by atoms with E-state index < -0.39 is 0 Å². The van der Waals surface area contributed by atoms with E-state index in [2.05, 4.69) is 10.2 Å². The number of nitrogens with one attached hydrogen (secondary N) is 1. The van der Waals surface area contributed by atoms with Gasteiger partial charge in [-0.05, 0) is 29.8 Å². The molecule has 0 aliphatic heterocycles. The first-order chi connectivity index (χ1) is 11.6. The number of nitrogens with zero attached hydrogens (tertiary/aromatic N) is 1. The Morgan fingerprint density at radius 1 is 1.04 bits per heavy atom. The number of aromatic nitrogens is 2. The standard InChI is InChI=1S/C19H12Cl2N2O/c20-16-6-5-12(9-17(16)21)18-10-14(22-23-18)8-13-7-11-3-1-2-4-15(11)19(13)24/h1-6,8-10H,7H2,(H,22,23). The molecular weight excluding hydrogens is 343 g/mol. The number of carbonyl (C=O) groups excluding carboxylic acids is 1. The van der Waals surface area contributed by atoms with Crippen LogP contribution in [0.15, 0.2) is 54.1 Å². The van der Waals surface area contributed by atoms with Gasteiger partial charge in [0.15, 0.2) is 5.78 Å². The smallest absolute Gasteiger partial charge is 0.189 e.